The number of cyclic esters (lactones) is 1. The van der Waals surface area contributed by atoms with Crippen LogP contribution in [0.1, 0.15) is 5.56 Å². The Bertz CT molecular complexity index is 1250. The largest absolute Gasteiger partial charge is 0.480 e. The van der Waals surface area contributed by atoms with Crippen molar-refractivity contribution in [1.29, 1.82) is 5.41 Å². The van der Waals surface area contributed by atoms with Crippen LogP contribution in [-0.2, 0) is 20.5 Å². The Kier molecular flexibility index (Phi) is 6.38. The lowest BCUT2D eigenvalue weighted by molar-refractivity contribution is -0.137. The van der Waals surface area contributed by atoms with E-state index in [2.05, 4.69) is 0 Å². The summed E-state index contributed by atoms with van der Waals surface area (Å²) in [7, 11) is -1.76. The maximum absolute atomic E-state index is 13.2. The highest BCUT2D eigenvalue weighted by Gasteiger charge is 2.35. The van der Waals surface area contributed by atoms with Crippen LogP contribution in [0.15, 0.2) is 71.6 Å². The highest BCUT2D eigenvalue weighted by Crippen LogP contribution is 2.24. The van der Waals surface area contributed by atoms with Crippen LogP contribution in [0, 0.1) is 5.41 Å². The first-order valence-electron chi connectivity index (χ1n) is 10.1. The number of ether oxygens (including phenoxy) is 1. The number of nitrogen functional groups attached to an aromatic ring is 1. The number of amidine groups is 1. The van der Waals surface area contributed by atoms with E-state index in [1.54, 1.807) is 36.4 Å². The minimum Gasteiger partial charge on any atom is -0.480 e. The molecule has 1 aliphatic rings. The van der Waals surface area contributed by atoms with Gasteiger partial charge in [-0.1, -0.05) is 30.3 Å². The number of hydrogen-bond donors (Lipinski definition) is 3. The molecule has 10 heteroatoms. The smallest absolute Gasteiger partial charge is 0.414 e. The lowest BCUT2D eigenvalue weighted by atomic mass is 10.1. The van der Waals surface area contributed by atoms with E-state index < -0.39 is 35.7 Å². The molecular weight excluding hydrogens is 444 g/mol. The van der Waals surface area contributed by atoms with Crippen LogP contribution < -0.4 is 10.6 Å². The molecule has 9 nitrogen and oxygen atoms in total. The Morgan fingerprint density at radius 2 is 1.85 bits per heavy atom. The Balaban J connectivity index is 1.51. The van der Waals surface area contributed by atoms with E-state index >= 15 is 0 Å². The molecule has 2 atom stereocenters. The summed E-state index contributed by atoms with van der Waals surface area (Å²) in [4.78, 5) is 25.7. The molecule has 4 N–H and O–H groups in total. The predicted octanol–water partition coefficient (Wildman–Crippen LogP) is 2.56. The normalized spacial score (nSPS) is 16.7. The Morgan fingerprint density at radius 1 is 1.15 bits per heavy atom. The van der Waals surface area contributed by atoms with E-state index in [0.717, 1.165) is 10.8 Å². The van der Waals surface area contributed by atoms with Crippen molar-refractivity contribution >= 4 is 45.3 Å². The van der Waals surface area contributed by atoms with Gasteiger partial charge in [-0.25, -0.2) is 13.3 Å². The molecule has 0 aromatic heterocycles. The molecule has 1 saturated heterocycles. The van der Waals surface area contributed by atoms with Crippen molar-refractivity contribution in [3.05, 3.63) is 72.3 Å². The number of carbonyl (C=O) groups excluding carboxylic acids is 1. The number of carbonyl (C=O) groups is 2. The maximum atomic E-state index is 13.2. The van der Waals surface area contributed by atoms with Gasteiger partial charge in [-0.3, -0.25) is 15.1 Å². The summed E-state index contributed by atoms with van der Waals surface area (Å²) in [5.74, 6) is -1.21. The molecule has 33 heavy (non-hydrogen) atoms. The van der Waals surface area contributed by atoms with Gasteiger partial charge in [0.05, 0.1) is 18.0 Å². The van der Waals surface area contributed by atoms with Crippen molar-refractivity contribution in [2.75, 3.05) is 24.5 Å². The fourth-order valence-corrected chi connectivity index (χ4v) is 4.88. The van der Waals surface area contributed by atoms with Gasteiger partial charge in [0.2, 0.25) is 0 Å². The third-order valence-corrected chi connectivity index (χ3v) is 6.64. The Labute approximate surface area is 192 Å². The second kappa shape index (κ2) is 9.39. The van der Waals surface area contributed by atoms with Gasteiger partial charge >= 0.3 is 12.1 Å². The molecule has 0 aliphatic carbocycles. The summed E-state index contributed by atoms with van der Waals surface area (Å²) < 4.78 is 19.9. The highest BCUT2D eigenvalue weighted by molar-refractivity contribution is 7.82. The van der Waals surface area contributed by atoms with Gasteiger partial charge in [0.1, 0.15) is 29.5 Å². The number of benzene rings is 3. The monoisotopic (exact) mass is 466 g/mol. The molecule has 170 valence electrons. The number of rotatable bonds is 8. The fourth-order valence-electron chi connectivity index (χ4n) is 3.64. The van der Waals surface area contributed by atoms with E-state index in [0.29, 0.717) is 16.1 Å². The second-order valence-corrected chi connectivity index (χ2v) is 9.04. The number of aliphatic carboxylic acids is 1. The van der Waals surface area contributed by atoms with Gasteiger partial charge < -0.3 is 15.6 Å². The van der Waals surface area contributed by atoms with Gasteiger partial charge in [0, 0.05) is 11.3 Å². The molecule has 0 bridgehead atoms. The van der Waals surface area contributed by atoms with E-state index in [9.17, 15) is 18.9 Å². The number of hydrogen-bond acceptors (Lipinski definition) is 5. The van der Waals surface area contributed by atoms with Gasteiger partial charge in [-0.15, -0.1) is 0 Å². The summed E-state index contributed by atoms with van der Waals surface area (Å²) in [6.45, 7) is -0.316. The minimum atomic E-state index is -1.76. The molecule has 1 fully saturated rings. The van der Waals surface area contributed by atoms with Crippen LogP contribution in [-0.4, -0.2) is 57.3 Å². The number of carboxylic acids is 1. The third kappa shape index (κ3) is 5.02. The quantitative estimate of drug-likeness (QED) is 0.345. The summed E-state index contributed by atoms with van der Waals surface area (Å²) in [6, 6.07) is 19.5. The van der Waals surface area contributed by atoms with Crippen LogP contribution >= 0.6 is 0 Å². The van der Waals surface area contributed by atoms with Gasteiger partial charge in [-0.05, 0) is 47.2 Å². The van der Waals surface area contributed by atoms with Gasteiger partial charge in [0.25, 0.3) is 0 Å². The van der Waals surface area contributed by atoms with Crippen molar-refractivity contribution < 1.29 is 23.6 Å². The predicted molar refractivity (Wildman–Crippen MR) is 125 cm³/mol. The minimum absolute atomic E-state index is 0.0144. The number of carboxylic acid groups (broad SMARTS) is 1. The average Bonchev–Trinajstić information content (AvgIpc) is 3.17. The zero-order chi connectivity index (χ0) is 23.5. The first-order chi connectivity index (χ1) is 15.8. The molecule has 4 rings (SSSR count). The van der Waals surface area contributed by atoms with Crippen LogP contribution in [0.4, 0.5) is 10.5 Å². The number of anilines is 1. The standard InChI is InChI=1S/C23H22N4O5S/c24-22(25)16-5-8-18(9-6-16)27-13-19(32-23(27)30)12-26(14-21(28)29)33(31)20-10-7-15-3-1-2-4-17(15)11-20/h1-11,19H,12-14H2,(H3,24,25)(H,28,29). The number of amides is 1. The molecule has 1 amide bonds. The molecule has 3 aromatic carbocycles. The third-order valence-electron chi connectivity index (χ3n) is 5.24. The van der Waals surface area contributed by atoms with Crippen LogP contribution in [0.25, 0.3) is 10.8 Å². The summed E-state index contributed by atoms with van der Waals surface area (Å²) >= 11 is 0. The van der Waals surface area contributed by atoms with E-state index in [4.69, 9.17) is 15.9 Å². The Morgan fingerprint density at radius 3 is 2.52 bits per heavy atom. The number of nitrogens with one attached hydrogen (secondary N) is 1. The molecule has 0 saturated carbocycles. The van der Waals surface area contributed by atoms with Crippen LogP contribution in [0.5, 0.6) is 0 Å². The maximum Gasteiger partial charge on any atom is 0.414 e. The summed E-state index contributed by atoms with van der Waals surface area (Å²) in [5.41, 5.74) is 6.56. The Hall–Kier alpha value is -3.76. The molecule has 1 aliphatic heterocycles. The van der Waals surface area contributed by atoms with Gasteiger partial charge in [-0.2, -0.15) is 0 Å². The van der Waals surface area contributed by atoms with Crippen molar-refractivity contribution in [2.45, 2.75) is 11.0 Å². The lowest BCUT2D eigenvalue weighted by Crippen LogP contribution is -2.39. The SMILES string of the molecule is N=C(N)c1ccc(N2CC(CN(CC(=O)O)S(=O)c3ccc4ccccc4c3)OC2=O)cc1. The van der Waals surface area contributed by atoms with E-state index in [1.807, 2.05) is 30.3 Å². The van der Waals surface area contributed by atoms with Crippen molar-refractivity contribution in [3.63, 3.8) is 0 Å². The molecule has 3 aromatic rings. The zero-order valence-electron chi connectivity index (χ0n) is 17.5. The first-order valence-corrected chi connectivity index (χ1v) is 11.2. The second-order valence-electron chi connectivity index (χ2n) is 7.55. The molecule has 0 spiro atoms. The fraction of sp³-hybridized carbons (Fsp3) is 0.174. The molecular formula is C23H22N4O5S. The van der Waals surface area contributed by atoms with Crippen LogP contribution in [0.2, 0.25) is 0 Å². The average molecular weight is 467 g/mol. The van der Waals surface area contributed by atoms with E-state index in [-0.39, 0.29) is 18.9 Å². The molecule has 0 radical (unpaired) electrons. The van der Waals surface area contributed by atoms with Crippen molar-refractivity contribution in [2.24, 2.45) is 5.73 Å². The lowest BCUT2D eigenvalue weighted by Gasteiger charge is -2.22. The van der Waals surface area contributed by atoms with Crippen molar-refractivity contribution in [1.82, 2.24) is 4.31 Å². The zero-order valence-corrected chi connectivity index (χ0v) is 18.3. The number of nitrogens with two attached hydrogens (primary N) is 1. The van der Waals surface area contributed by atoms with Crippen LogP contribution in [0.3, 0.4) is 0 Å². The molecule has 1 heterocycles. The van der Waals surface area contributed by atoms with E-state index in [1.165, 1.54) is 9.21 Å². The number of nitrogens with zero attached hydrogens (tertiary/aromatic N) is 2. The van der Waals surface area contributed by atoms with Gasteiger partial charge in [0.15, 0.2) is 0 Å². The van der Waals surface area contributed by atoms with Crippen molar-refractivity contribution in [3.8, 4) is 0 Å². The topological polar surface area (TPSA) is 137 Å². The number of fused-ring (bicyclic) bond motifs is 1. The molecule has 2 unspecified atom stereocenters. The highest BCUT2D eigenvalue weighted by atomic mass is 32.2. The summed E-state index contributed by atoms with van der Waals surface area (Å²) in [5, 5.41) is 18.7. The first kappa shape index (κ1) is 22.4. The summed E-state index contributed by atoms with van der Waals surface area (Å²) in [6.07, 6.45) is -1.25.